The molecular formula is C17H20N2O4S. The Kier molecular flexibility index (Phi) is 4.23. The number of fused-ring (bicyclic) bond motifs is 1. The van der Waals surface area contributed by atoms with Gasteiger partial charge in [0.15, 0.2) is 5.76 Å². The number of sulfonamides is 1. The van der Waals surface area contributed by atoms with Crippen LogP contribution < -0.4 is 4.90 Å². The minimum Gasteiger partial charge on any atom is -0.459 e. The Morgan fingerprint density at radius 1 is 1.25 bits per heavy atom. The van der Waals surface area contributed by atoms with Crippen molar-refractivity contribution in [2.24, 2.45) is 0 Å². The molecule has 3 rings (SSSR count). The van der Waals surface area contributed by atoms with E-state index in [-0.39, 0.29) is 10.8 Å². The highest BCUT2D eigenvalue weighted by Gasteiger charge is 2.28. The molecule has 0 N–H and O–H groups in total. The second-order valence-electron chi connectivity index (χ2n) is 6.07. The molecule has 1 aromatic carbocycles. The second-order valence-corrected chi connectivity index (χ2v) is 8.22. The van der Waals surface area contributed by atoms with E-state index in [4.69, 9.17) is 4.42 Å². The highest BCUT2D eigenvalue weighted by atomic mass is 32.2. The van der Waals surface area contributed by atoms with E-state index >= 15 is 0 Å². The van der Waals surface area contributed by atoms with Crippen LogP contribution in [-0.2, 0) is 16.4 Å². The molecule has 0 unspecified atom stereocenters. The first-order chi connectivity index (χ1) is 11.3. The molecule has 1 amide bonds. The molecule has 1 aromatic heterocycles. The van der Waals surface area contributed by atoms with Gasteiger partial charge in [-0.15, -0.1) is 0 Å². The normalized spacial score (nSPS) is 14.8. The molecule has 0 aliphatic carbocycles. The Hall–Kier alpha value is -2.12. The summed E-state index contributed by atoms with van der Waals surface area (Å²) < 4.78 is 31.2. The van der Waals surface area contributed by atoms with E-state index in [1.807, 2.05) is 6.92 Å². The zero-order valence-electron chi connectivity index (χ0n) is 13.9. The van der Waals surface area contributed by atoms with Crippen molar-refractivity contribution in [1.82, 2.24) is 4.31 Å². The summed E-state index contributed by atoms with van der Waals surface area (Å²) in [6.07, 6.45) is 3.14. The molecule has 0 bridgehead atoms. The van der Waals surface area contributed by atoms with Crippen LogP contribution in [0.25, 0.3) is 0 Å². The van der Waals surface area contributed by atoms with Gasteiger partial charge in [-0.3, -0.25) is 4.79 Å². The van der Waals surface area contributed by atoms with Gasteiger partial charge in [0, 0.05) is 31.9 Å². The highest BCUT2D eigenvalue weighted by molar-refractivity contribution is 7.89. The fraction of sp³-hybridized carbons (Fsp3) is 0.353. The lowest BCUT2D eigenvalue weighted by atomic mass is 10.0. The number of aryl methyl sites for hydroxylation is 2. The monoisotopic (exact) mass is 348 g/mol. The van der Waals surface area contributed by atoms with Gasteiger partial charge in [0.1, 0.15) is 0 Å². The molecular weight excluding hydrogens is 328 g/mol. The van der Waals surface area contributed by atoms with E-state index in [0.29, 0.717) is 18.0 Å². The fourth-order valence-corrected chi connectivity index (χ4v) is 3.77. The Balaban J connectivity index is 2.06. The van der Waals surface area contributed by atoms with Crippen LogP contribution in [0.4, 0.5) is 5.69 Å². The average molecular weight is 348 g/mol. The Morgan fingerprint density at radius 3 is 2.62 bits per heavy atom. The molecule has 0 saturated carbocycles. The lowest BCUT2D eigenvalue weighted by Gasteiger charge is -2.29. The molecule has 128 valence electrons. The molecule has 6 nitrogen and oxygen atoms in total. The van der Waals surface area contributed by atoms with Gasteiger partial charge in [0.2, 0.25) is 10.0 Å². The molecule has 1 aliphatic rings. The van der Waals surface area contributed by atoms with Gasteiger partial charge in [-0.2, -0.15) is 0 Å². The summed E-state index contributed by atoms with van der Waals surface area (Å²) in [5.41, 5.74) is 2.38. The first-order valence-corrected chi connectivity index (χ1v) is 9.18. The third-order valence-electron chi connectivity index (χ3n) is 4.26. The number of carbonyl (C=O) groups excluding carboxylic acids is 1. The second kappa shape index (κ2) is 6.07. The number of furan rings is 1. The maximum atomic E-state index is 12.8. The molecule has 0 atom stereocenters. The van der Waals surface area contributed by atoms with E-state index in [2.05, 4.69) is 0 Å². The largest absolute Gasteiger partial charge is 0.459 e. The molecule has 0 saturated heterocycles. The van der Waals surface area contributed by atoms with Crippen LogP contribution in [0.3, 0.4) is 0 Å². The van der Waals surface area contributed by atoms with Gasteiger partial charge >= 0.3 is 0 Å². The van der Waals surface area contributed by atoms with Crippen molar-refractivity contribution < 1.29 is 17.6 Å². The molecule has 0 fully saturated rings. The summed E-state index contributed by atoms with van der Waals surface area (Å²) in [4.78, 5) is 14.6. The number of anilines is 1. The summed E-state index contributed by atoms with van der Waals surface area (Å²) in [6, 6.07) is 6.71. The minimum atomic E-state index is -3.55. The van der Waals surface area contributed by atoms with Crippen LogP contribution in [0, 0.1) is 6.92 Å². The minimum absolute atomic E-state index is 0.183. The first kappa shape index (κ1) is 16.7. The first-order valence-electron chi connectivity index (χ1n) is 7.74. The Morgan fingerprint density at radius 2 is 2.00 bits per heavy atom. The van der Waals surface area contributed by atoms with Crippen LogP contribution >= 0.6 is 0 Å². The SMILES string of the molecule is Cc1ccoc1C(=O)N1CCCc2ccc(S(=O)(=O)N(C)C)cc21. The summed E-state index contributed by atoms with van der Waals surface area (Å²) in [7, 11) is -0.570. The molecule has 24 heavy (non-hydrogen) atoms. The van der Waals surface area contributed by atoms with E-state index in [9.17, 15) is 13.2 Å². The number of rotatable bonds is 3. The van der Waals surface area contributed by atoms with Gasteiger partial charge in [-0.1, -0.05) is 6.07 Å². The van der Waals surface area contributed by atoms with Crippen LogP contribution in [0.15, 0.2) is 39.8 Å². The number of nitrogens with zero attached hydrogens (tertiary/aromatic N) is 2. The smallest absolute Gasteiger partial charge is 0.294 e. The van der Waals surface area contributed by atoms with Crippen molar-refractivity contribution in [1.29, 1.82) is 0 Å². The van der Waals surface area contributed by atoms with Crippen LogP contribution in [0.1, 0.15) is 28.1 Å². The summed E-state index contributed by atoms with van der Waals surface area (Å²) in [5, 5.41) is 0. The molecule has 2 heterocycles. The van der Waals surface area contributed by atoms with Crippen LogP contribution in [0.5, 0.6) is 0 Å². The third-order valence-corrected chi connectivity index (χ3v) is 6.07. The predicted molar refractivity (Wildman–Crippen MR) is 90.8 cm³/mol. The van der Waals surface area contributed by atoms with Crippen LogP contribution in [0.2, 0.25) is 0 Å². The third kappa shape index (κ3) is 2.74. The van der Waals surface area contributed by atoms with E-state index in [1.165, 1.54) is 24.7 Å². The Labute approximate surface area is 141 Å². The molecule has 0 spiro atoms. The lowest BCUT2D eigenvalue weighted by Crippen LogP contribution is -2.36. The van der Waals surface area contributed by atoms with Gasteiger partial charge < -0.3 is 9.32 Å². The summed E-state index contributed by atoms with van der Waals surface area (Å²) in [6.45, 7) is 2.35. The number of benzene rings is 1. The zero-order valence-corrected chi connectivity index (χ0v) is 14.8. The highest BCUT2D eigenvalue weighted by Crippen LogP contribution is 2.32. The van der Waals surface area contributed by atoms with Crippen molar-refractivity contribution in [2.75, 3.05) is 25.5 Å². The average Bonchev–Trinajstić information content (AvgIpc) is 2.99. The zero-order chi connectivity index (χ0) is 17.5. The number of hydrogen-bond acceptors (Lipinski definition) is 4. The number of carbonyl (C=O) groups is 1. The summed E-state index contributed by atoms with van der Waals surface area (Å²) in [5.74, 6) is 0.0570. The molecule has 1 aliphatic heterocycles. The summed E-state index contributed by atoms with van der Waals surface area (Å²) >= 11 is 0. The lowest BCUT2D eigenvalue weighted by molar-refractivity contribution is 0.0957. The maximum Gasteiger partial charge on any atom is 0.294 e. The molecule has 0 radical (unpaired) electrons. The Bertz CT molecular complexity index is 884. The predicted octanol–water partition coefficient (Wildman–Crippen LogP) is 2.43. The van der Waals surface area contributed by atoms with Crippen molar-refractivity contribution in [3.63, 3.8) is 0 Å². The fourth-order valence-electron chi connectivity index (χ4n) is 2.85. The maximum absolute atomic E-state index is 12.8. The van der Waals surface area contributed by atoms with E-state index < -0.39 is 10.0 Å². The van der Waals surface area contributed by atoms with E-state index in [0.717, 1.165) is 24.0 Å². The van der Waals surface area contributed by atoms with Crippen molar-refractivity contribution in [2.45, 2.75) is 24.7 Å². The van der Waals surface area contributed by atoms with Crippen molar-refractivity contribution >= 4 is 21.6 Å². The van der Waals surface area contributed by atoms with Gasteiger partial charge in [-0.05, 0) is 43.5 Å². The van der Waals surface area contributed by atoms with Crippen LogP contribution in [-0.4, -0.2) is 39.3 Å². The molecule has 7 heteroatoms. The van der Waals surface area contributed by atoms with Gasteiger partial charge in [0.05, 0.1) is 11.2 Å². The van der Waals surface area contributed by atoms with Crippen molar-refractivity contribution in [3.05, 3.63) is 47.4 Å². The van der Waals surface area contributed by atoms with E-state index in [1.54, 1.807) is 29.2 Å². The van der Waals surface area contributed by atoms with Gasteiger partial charge in [-0.25, -0.2) is 12.7 Å². The number of hydrogen-bond donors (Lipinski definition) is 0. The number of amides is 1. The topological polar surface area (TPSA) is 70.8 Å². The van der Waals surface area contributed by atoms with Gasteiger partial charge in [0.25, 0.3) is 5.91 Å². The molecule has 2 aromatic rings. The van der Waals surface area contributed by atoms with Crippen molar-refractivity contribution in [3.8, 4) is 0 Å². The quantitative estimate of drug-likeness (QED) is 0.854. The standard InChI is InChI=1S/C17H20N2O4S/c1-12-8-10-23-16(12)17(20)19-9-4-5-13-6-7-14(11-15(13)19)24(21,22)18(2)3/h6-8,10-11H,4-5,9H2,1-3H3.